The molecule has 0 heterocycles. The maximum Gasteiger partial charge on any atom is 0.128 e. The van der Waals surface area contributed by atoms with Gasteiger partial charge in [0.1, 0.15) is 5.84 Å². The lowest BCUT2D eigenvalue weighted by molar-refractivity contribution is 0.281. The van der Waals surface area contributed by atoms with Crippen LogP contribution in [-0.4, -0.2) is 23.3 Å². The fourth-order valence-corrected chi connectivity index (χ4v) is 1.13. The molecule has 76 valence electrons. The maximum atomic E-state index is 8.02. The monoisotopic (exact) mass is 190 g/mol. The van der Waals surface area contributed by atoms with Gasteiger partial charge >= 0.3 is 0 Å². The average Bonchev–Trinajstić information content (AvgIpc) is 2.15. The van der Waals surface area contributed by atoms with Gasteiger partial charge in [-0.3, -0.25) is 5.41 Å². The standard InChI is InChI=1S/C12H18N2/c1-12(2,3)14(4)11(13)10-8-6-5-7-9-10/h5-9,13H,1-4H3. The molecule has 0 spiro atoms. The third-order valence-electron chi connectivity index (χ3n) is 2.39. The number of rotatable bonds is 1. The van der Waals surface area contributed by atoms with Crippen LogP contribution in [0.5, 0.6) is 0 Å². The fourth-order valence-electron chi connectivity index (χ4n) is 1.13. The Hall–Kier alpha value is -1.31. The summed E-state index contributed by atoms with van der Waals surface area (Å²) in [5.41, 5.74) is 0.956. The predicted molar refractivity (Wildman–Crippen MR) is 60.8 cm³/mol. The van der Waals surface area contributed by atoms with Gasteiger partial charge in [0.15, 0.2) is 0 Å². The molecule has 0 aromatic heterocycles. The van der Waals surface area contributed by atoms with Crippen LogP contribution in [0.15, 0.2) is 30.3 Å². The molecule has 0 atom stereocenters. The van der Waals surface area contributed by atoms with Crippen LogP contribution in [0.4, 0.5) is 0 Å². The second kappa shape index (κ2) is 3.82. The van der Waals surface area contributed by atoms with E-state index in [0.29, 0.717) is 5.84 Å². The van der Waals surface area contributed by atoms with Gasteiger partial charge in [-0.15, -0.1) is 0 Å². The van der Waals surface area contributed by atoms with Crippen molar-refractivity contribution in [3.8, 4) is 0 Å². The van der Waals surface area contributed by atoms with Gasteiger partial charge in [0.25, 0.3) is 0 Å². The van der Waals surface area contributed by atoms with Crippen LogP contribution in [0.2, 0.25) is 0 Å². The molecule has 2 heteroatoms. The van der Waals surface area contributed by atoms with E-state index in [1.165, 1.54) is 0 Å². The molecule has 1 rings (SSSR count). The van der Waals surface area contributed by atoms with Crippen LogP contribution >= 0.6 is 0 Å². The molecule has 0 bridgehead atoms. The van der Waals surface area contributed by atoms with Crippen molar-refractivity contribution in [2.75, 3.05) is 7.05 Å². The molecule has 0 unspecified atom stereocenters. The highest BCUT2D eigenvalue weighted by Crippen LogP contribution is 2.14. The van der Waals surface area contributed by atoms with E-state index in [1.807, 2.05) is 42.3 Å². The summed E-state index contributed by atoms with van der Waals surface area (Å²) in [4.78, 5) is 1.97. The van der Waals surface area contributed by atoms with Crippen molar-refractivity contribution < 1.29 is 0 Å². The zero-order valence-electron chi connectivity index (χ0n) is 9.33. The van der Waals surface area contributed by atoms with Gasteiger partial charge in [0.2, 0.25) is 0 Å². The Balaban J connectivity index is 2.87. The highest BCUT2D eigenvalue weighted by Gasteiger charge is 2.20. The Kier molecular flexibility index (Phi) is 2.94. The SMILES string of the molecule is CN(C(=N)c1ccccc1)C(C)(C)C. The summed E-state index contributed by atoms with van der Waals surface area (Å²) in [7, 11) is 1.95. The minimum atomic E-state index is -0.00702. The summed E-state index contributed by atoms with van der Waals surface area (Å²) in [6.07, 6.45) is 0. The molecule has 2 nitrogen and oxygen atoms in total. The van der Waals surface area contributed by atoms with E-state index in [2.05, 4.69) is 20.8 Å². The van der Waals surface area contributed by atoms with Crippen LogP contribution < -0.4 is 0 Å². The molecule has 1 aromatic rings. The van der Waals surface area contributed by atoms with E-state index in [9.17, 15) is 0 Å². The van der Waals surface area contributed by atoms with Crippen LogP contribution in [0, 0.1) is 5.41 Å². The predicted octanol–water partition coefficient (Wildman–Crippen LogP) is 2.74. The third kappa shape index (κ3) is 2.34. The largest absolute Gasteiger partial charge is 0.355 e. The van der Waals surface area contributed by atoms with Crippen molar-refractivity contribution in [3.05, 3.63) is 35.9 Å². The first-order valence-electron chi connectivity index (χ1n) is 4.81. The Morgan fingerprint density at radius 2 is 1.64 bits per heavy atom. The normalized spacial score (nSPS) is 11.1. The summed E-state index contributed by atoms with van der Waals surface area (Å²) in [6.45, 7) is 6.30. The molecule has 0 aliphatic carbocycles. The highest BCUT2D eigenvalue weighted by atomic mass is 15.2. The summed E-state index contributed by atoms with van der Waals surface area (Å²) in [5.74, 6) is 0.568. The molecule has 1 aromatic carbocycles. The first-order valence-corrected chi connectivity index (χ1v) is 4.81. The van der Waals surface area contributed by atoms with E-state index in [1.54, 1.807) is 0 Å². The summed E-state index contributed by atoms with van der Waals surface area (Å²) >= 11 is 0. The topological polar surface area (TPSA) is 27.1 Å². The zero-order valence-corrected chi connectivity index (χ0v) is 9.33. The van der Waals surface area contributed by atoms with Crippen LogP contribution in [0.25, 0.3) is 0 Å². The Morgan fingerprint density at radius 1 is 1.14 bits per heavy atom. The third-order valence-corrected chi connectivity index (χ3v) is 2.39. The molecule has 0 aliphatic rings. The number of hydrogen-bond acceptors (Lipinski definition) is 1. The molecule has 0 radical (unpaired) electrons. The molecule has 0 aliphatic heterocycles. The van der Waals surface area contributed by atoms with Gasteiger partial charge < -0.3 is 4.90 Å². The van der Waals surface area contributed by atoms with Gasteiger partial charge in [-0.25, -0.2) is 0 Å². The number of nitrogens with zero attached hydrogens (tertiary/aromatic N) is 1. The summed E-state index contributed by atoms with van der Waals surface area (Å²) < 4.78 is 0. The molecule has 0 fully saturated rings. The van der Waals surface area contributed by atoms with Crippen molar-refractivity contribution in [3.63, 3.8) is 0 Å². The Morgan fingerprint density at radius 3 is 2.07 bits per heavy atom. The van der Waals surface area contributed by atoms with Gasteiger partial charge in [0, 0.05) is 18.2 Å². The summed E-state index contributed by atoms with van der Waals surface area (Å²) in [5, 5.41) is 8.02. The molecule has 14 heavy (non-hydrogen) atoms. The molecule has 1 N–H and O–H groups in total. The number of hydrogen-bond donors (Lipinski definition) is 1. The van der Waals surface area contributed by atoms with E-state index < -0.39 is 0 Å². The lowest BCUT2D eigenvalue weighted by Gasteiger charge is -2.34. The van der Waals surface area contributed by atoms with Crippen LogP contribution in [0.1, 0.15) is 26.3 Å². The van der Waals surface area contributed by atoms with Crippen molar-refractivity contribution in [2.45, 2.75) is 26.3 Å². The lowest BCUT2D eigenvalue weighted by atomic mass is 10.0. The number of nitrogens with one attached hydrogen (secondary N) is 1. The smallest absolute Gasteiger partial charge is 0.128 e. The fraction of sp³-hybridized carbons (Fsp3) is 0.417. The Bertz CT molecular complexity index is 309. The van der Waals surface area contributed by atoms with Crippen molar-refractivity contribution >= 4 is 5.84 Å². The van der Waals surface area contributed by atoms with Crippen molar-refractivity contribution in [2.24, 2.45) is 0 Å². The Labute approximate surface area is 86.1 Å². The number of amidine groups is 1. The van der Waals surface area contributed by atoms with Crippen LogP contribution in [-0.2, 0) is 0 Å². The molecular weight excluding hydrogens is 172 g/mol. The first-order chi connectivity index (χ1) is 6.43. The van der Waals surface area contributed by atoms with Crippen molar-refractivity contribution in [1.29, 1.82) is 5.41 Å². The molecular formula is C12H18N2. The minimum Gasteiger partial charge on any atom is -0.355 e. The second-order valence-corrected chi connectivity index (χ2v) is 4.44. The zero-order chi connectivity index (χ0) is 10.8. The molecule has 0 saturated heterocycles. The quantitative estimate of drug-likeness (QED) is 0.535. The van der Waals surface area contributed by atoms with E-state index in [4.69, 9.17) is 5.41 Å². The van der Waals surface area contributed by atoms with E-state index in [-0.39, 0.29) is 5.54 Å². The molecule has 0 amide bonds. The summed E-state index contributed by atoms with van der Waals surface area (Å²) in [6, 6.07) is 9.81. The lowest BCUT2D eigenvalue weighted by Crippen LogP contribution is -2.42. The number of benzene rings is 1. The van der Waals surface area contributed by atoms with Gasteiger partial charge in [-0.05, 0) is 20.8 Å². The second-order valence-electron chi connectivity index (χ2n) is 4.44. The van der Waals surface area contributed by atoms with Crippen LogP contribution in [0.3, 0.4) is 0 Å². The van der Waals surface area contributed by atoms with E-state index in [0.717, 1.165) is 5.56 Å². The van der Waals surface area contributed by atoms with E-state index >= 15 is 0 Å². The maximum absolute atomic E-state index is 8.02. The minimum absolute atomic E-state index is 0.00702. The first kappa shape index (κ1) is 10.8. The average molecular weight is 190 g/mol. The highest BCUT2D eigenvalue weighted by molar-refractivity contribution is 5.96. The van der Waals surface area contributed by atoms with Gasteiger partial charge in [-0.1, -0.05) is 30.3 Å². The van der Waals surface area contributed by atoms with Gasteiger partial charge in [0.05, 0.1) is 0 Å². The van der Waals surface area contributed by atoms with Gasteiger partial charge in [-0.2, -0.15) is 0 Å². The molecule has 0 saturated carbocycles. The van der Waals surface area contributed by atoms with Crippen molar-refractivity contribution in [1.82, 2.24) is 4.90 Å².